The number of methoxy groups -OCH3 is 1. The monoisotopic (exact) mass is 623 g/mol. The molecular weight excluding hydrogens is 579 g/mol. The fraction of sp³-hybridized carbons (Fsp3) is 0.633. The van der Waals surface area contributed by atoms with Gasteiger partial charge in [-0.25, -0.2) is 0 Å². The second-order valence-electron chi connectivity index (χ2n) is 10.8. The molecular formula is C30H44Cl2OPRu+. The molecule has 0 radical (unpaired) electrons. The van der Waals surface area contributed by atoms with Crippen LogP contribution >= 0.6 is 27.3 Å². The van der Waals surface area contributed by atoms with E-state index in [0.29, 0.717) is 0 Å². The van der Waals surface area contributed by atoms with Gasteiger partial charge in [-0.1, -0.05) is 19.3 Å². The summed E-state index contributed by atoms with van der Waals surface area (Å²) in [5.74, 6) is 0.818. The van der Waals surface area contributed by atoms with Crippen LogP contribution in [-0.4, -0.2) is 28.7 Å². The van der Waals surface area contributed by atoms with Gasteiger partial charge in [-0.15, -0.1) is 0 Å². The van der Waals surface area contributed by atoms with E-state index in [4.69, 9.17) is 24.1 Å². The zero-order chi connectivity index (χ0) is 24.5. The molecule has 0 N–H and O–H groups in total. The van der Waals surface area contributed by atoms with Gasteiger partial charge in [-0.05, 0) is 77.0 Å². The third-order valence-corrected chi connectivity index (χ3v) is 14.9. The van der Waals surface area contributed by atoms with Gasteiger partial charge in [0.2, 0.25) is 0 Å². The van der Waals surface area contributed by atoms with Crippen LogP contribution < -0.4 is 4.74 Å². The van der Waals surface area contributed by atoms with Crippen LogP contribution in [0.3, 0.4) is 0 Å². The van der Waals surface area contributed by atoms with Crippen LogP contribution in [0.2, 0.25) is 0 Å². The predicted molar refractivity (Wildman–Crippen MR) is 156 cm³/mol. The first-order valence-electron chi connectivity index (χ1n) is 13.9. The summed E-state index contributed by atoms with van der Waals surface area (Å²) in [6, 6.07) is 12.2. The Bertz CT molecular complexity index is 900. The first kappa shape index (κ1) is 28.0. The topological polar surface area (TPSA) is 9.23 Å². The van der Waals surface area contributed by atoms with E-state index in [0.717, 1.165) is 16.7 Å². The van der Waals surface area contributed by atoms with Crippen LogP contribution in [0.15, 0.2) is 36.4 Å². The van der Waals surface area contributed by atoms with E-state index in [1.165, 1.54) is 22.4 Å². The Hall–Kier alpha value is 0.00338. The molecule has 5 heteroatoms. The molecule has 3 fully saturated rings. The van der Waals surface area contributed by atoms with Crippen molar-refractivity contribution in [2.24, 2.45) is 0 Å². The summed E-state index contributed by atoms with van der Waals surface area (Å²) in [7, 11) is 13.4. The van der Waals surface area contributed by atoms with Crippen molar-refractivity contribution in [3.05, 3.63) is 42.0 Å². The van der Waals surface area contributed by atoms with Crippen molar-refractivity contribution in [3.8, 4) is 5.75 Å². The normalized spacial score (nSPS) is 20.9. The van der Waals surface area contributed by atoms with Crippen LogP contribution in [-0.2, 0) is 13.5 Å². The fourth-order valence-electron chi connectivity index (χ4n) is 6.88. The van der Waals surface area contributed by atoms with Gasteiger partial charge in [-0.2, -0.15) is 0 Å². The molecule has 5 rings (SSSR count). The van der Waals surface area contributed by atoms with E-state index in [1.807, 2.05) is 22.8 Å². The molecule has 3 aliphatic rings. The molecule has 0 bridgehead atoms. The zero-order valence-corrected chi connectivity index (χ0v) is 25.6. The number of fused-ring (bicyclic) bond motifs is 1. The van der Waals surface area contributed by atoms with Gasteiger partial charge in [-0.3, -0.25) is 0 Å². The van der Waals surface area contributed by atoms with E-state index in [2.05, 4.69) is 18.2 Å². The molecule has 35 heavy (non-hydrogen) atoms. The van der Waals surface area contributed by atoms with Crippen LogP contribution in [0.25, 0.3) is 10.8 Å². The molecule has 0 unspecified atom stereocenters. The van der Waals surface area contributed by atoms with E-state index in [1.54, 1.807) is 103 Å². The maximum absolute atomic E-state index is 5.89. The van der Waals surface area contributed by atoms with E-state index in [9.17, 15) is 0 Å². The molecule has 2 aromatic carbocycles. The Balaban J connectivity index is 0.000000168. The molecule has 196 valence electrons. The van der Waals surface area contributed by atoms with E-state index in [-0.39, 0.29) is 7.92 Å². The molecule has 3 aliphatic carbocycles. The SMILES string of the molecule is C1CCC([PH+](C2CCCCC2)C2CCCCC2)CC1.COc1cc2ccccc2cc1[CH]=[Ru]([Cl])[Cl]. The van der Waals surface area contributed by atoms with Crippen LogP contribution in [0, 0.1) is 0 Å². The van der Waals surface area contributed by atoms with Crippen molar-refractivity contribution in [1.29, 1.82) is 0 Å². The third kappa shape index (κ3) is 8.24. The summed E-state index contributed by atoms with van der Waals surface area (Å²) in [4.78, 5) is 0. The number of halogens is 2. The van der Waals surface area contributed by atoms with Crippen molar-refractivity contribution in [2.45, 2.75) is 113 Å². The van der Waals surface area contributed by atoms with Crippen molar-refractivity contribution in [3.63, 3.8) is 0 Å². The Kier molecular flexibility index (Phi) is 11.9. The summed E-state index contributed by atoms with van der Waals surface area (Å²) in [6.45, 7) is 0. The summed E-state index contributed by atoms with van der Waals surface area (Å²) >= 11 is -1.82. The van der Waals surface area contributed by atoms with Crippen LogP contribution in [0.5, 0.6) is 5.75 Å². The zero-order valence-electron chi connectivity index (χ0n) is 21.4. The summed E-state index contributed by atoms with van der Waals surface area (Å²) in [5.41, 5.74) is 4.66. The van der Waals surface area contributed by atoms with E-state index >= 15 is 0 Å². The summed E-state index contributed by atoms with van der Waals surface area (Å²) in [5, 5.41) is 2.32. The van der Waals surface area contributed by atoms with Gasteiger partial charge in [0.05, 0.1) is 17.0 Å². The maximum atomic E-state index is 5.89. The van der Waals surface area contributed by atoms with Gasteiger partial charge in [0.15, 0.2) is 0 Å². The van der Waals surface area contributed by atoms with Gasteiger partial charge >= 0.3 is 108 Å². The number of benzene rings is 2. The average molecular weight is 624 g/mol. The molecule has 0 heterocycles. The fourth-order valence-corrected chi connectivity index (χ4v) is 13.9. The van der Waals surface area contributed by atoms with Crippen LogP contribution in [0.1, 0.15) is 102 Å². The number of hydrogen-bond donors (Lipinski definition) is 0. The Morgan fingerprint density at radius 1 is 0.714 bits per heavy atom. The quantitative estimate of drug-likeness (QED) is 0.238. The molecule has 1 nitrogen and oxygen atoms in total. The van der Waals surface area contributed by atoms with Crippen molar-refractivity contribution < 1.29 is 18.3 Å². The van der Waals surface area contributed by atoms with Gasteiger partial charge < -0.3 is 0 Å². The molecule has 0 amide bonds. The number of rotatable bonds is 5. The number of ether oxygens (including phenoxy) is 1. The molecule has 2 aromatic rings. The van der Waals surface area contributed by atoms with Crippen molar-refractivity contribution >= 4 is 42.7 Å². The second kappa shape index (κ2) is 14.8. The first-order chi connectivity index (χ1) is 17.2. The summed E-state index contributed by atoms with van der Waals surface area (Å²) < 4.78 is 7.23. The Morgan fingerprint density at radius 2 is 1.14 bits per heavy atom. The predicted octanol–water partition coefficient (Wildman–Crippen LogP) is 10.1. The van der Waals surface area contributed by atoms with Gasteiger partial charge in [0.25, 0.3) is 0 Å². The standard InChI is InChI=1S/C18H33P.C12H10O.2ClH.Ru/c1-4-10-16(11-5-1)19(17-12-6-2-7-13-17)18-14-8-3-9-15-18;1-9-7-10-5-3-4-6-11(10)8-12(9)13-2;;;/h16-18H,1-15H2;1,3-8H,2H3;2*1H;/q;;;;+2/p-1. The summed E-state index contributed by atoms with van der Waals surface area (Å²) in [6.07, 6.45) is 23.8. The van der Waals surface area contributed by atoms with Crippen LogP contribution in [0.4, 0.5) is 0 Å². The molecule has 0 aromatic heterocycles. The molecule has 0 aliphatic heterocycles. The van der Waals surface area contributed by atoms with Crippen molar-refractivity contribution in [1.82, 2.24) is 0 Å². The average Bonchev–Trinajstić information content (AvgIpc) is 2.90. The van der Waals surface area contributed by atoms with Crippen molar-refractivity contribution in [2.75, 3.05) is 7.11 Å². The molecule has 0 atom stereocenters. The minimum absolute atomic E-state index is 0.0465. The molecule has 3 saturated carbocycles. The minimum atomic E-state index is -1.82. The van der Waals surface area contributed by atoms with Gasteiger partial charge in [0.1, 0.15) is 0 Å². The Labute approximate surface area is 227 Å². The third-order valence-electron chi connectivity index (χ3n) is 8.51. The molecule has 0 spiro atoms. The molecule has 0 saturated heterocycles. The van der Waals surface area contributed by atoms with Gasteiger partial charge in [0, 0.05) is 7.92 Å². The Morgan fingerprint density at radius 3 is 1.54 bits per heavy atom. The van der Waals surface area contributed by atoms with E-state index < -0.39 is 13.5 Å². The second-order valence-corrected chi connectivity index (χ2v) is 19.9. The number of hydrogen-bond acceptors (Lipinski definition) is 1. The first-order valence-corrected chi connectivity index (χ1v) is 21.1.